The molecule has 32 heavy (non-hydrogen) atoms. The Bertz CT molecular complexity index is 1020. The Hall–Kier alpha value is -2.83. The van der Waals surface area contributed by atoms with Crippen molar-refractivity contribution >= 4 is 34.7 Å². The van der Waals surface area contributed by atoms with Crippen LogP contribution < -0.4 is 10.1 Å². The number of carbonyl (C=O) groups is 2. The Labute approximate surface area is 194 Å². The Morgan fingerprint density at radius 1 is 1.06 bits per heavy atom. The molecule has 2 amide bonds. The van der Waals surface area contributed by atoms with Crippen LogP contribution in [0.4, 0.5) is 5.69 Å². The Kier molecular flexibility index (Phi) is 7.94. The fourth-order valence-corrected chi connectivity index (χ4v) is 3.72. The van der Waals surface area contributed by atoms with Gasteiger partial charge in [0.2, 0.25) is 0 Å². The van der Waals surface area contributed by atoms with Crippen LogP contribution in [0.15, 0.2) is 48.2 Å². The van der Waals surface area contributed by atoms with Crippen LogP contribution >= 0.6 is 11.6 Å². The molecule has 0 bridgehead atoms. The highest BCUT2D eigenvalue weighted by atomic mass is 35.5. The summed E-state index contributed by atoms with van der Waals surface area (Å²) in [7, 11) is 0. The highest BCUT2D eigenvalue weighted by Gasteiger charge is 2.39. The van der Waals surface area contributed by atoms with Crippen LogP contribution in [0.5, 0.6) is 5.75 Å². The number of hydrogen-bond acceptors (Lipinski definition) is 5. The lowest BCUT2D eigenvalue weighted by atomic mass is 10.0. The normalized spacial score (nSPS) is 14.0. The largest absolute Gasteiger partial charge is 0.494 e. The second-order valence-electron chi connectivity index (χ2n) is 7.83. The highest BCUT2D eigenvalue weighted by Crippen LogP contribution is 2.32. The number of carbonyl (C=O) groups excluding carboxylic acids is 2. The van der Waals surface area contributed by atoms with E-state index in [9.17, 15) is 9.59 Å². The summed E-state index contributed by atoms with van der Waals surface area (Å²) in [4.78, 5) is 27.9. The predicted octanol–water partition coefficient (Wildman–Crippen LogP) is 5.05. The Balaban J connectivity index is 1.92. The van der Waals surface area contributed by atoms with E-state index >= 15 is 0 Å². The number of anilines is 1. The van der Waals surface area contributed by atoms with Gasteiger partial charge in [-0.15, -0.1) is 0 Å². The van der Waals surface area contributed by atoms with Crippen LogP contribution in [-0.4, -0.2) is 42.6 Å². The molecule has 1 aliphatic heterocycles. The van der Waals surface area contributed by atoms with Crippen molar-refractivity contribution in [3.8, 4) is 5.75 Å². The molecule has 1 heterocycles. The first-order valence-electron chi connectivity index (χ1n) is 10.8. The van der Waals surface area contributed by atoms with Gasteiger partial charge in [0.1, 0.15) is 11.4 Å². The summed E-state index contributed by atoms with van der Waals surface area (Å²) in [6, 6.07) is 12.6. The molecule has 3 rings (SSSR count). The zero-order valence-corrected chi connectivity index (χ0v) is 19.7. The fraction of sp³-hybridized carbons (Fsp3) is 0.360. The van der Waals surface area contributed by atoms with Crippen LogP contribution in [0.1, 0.15) is 38.3 Å². The van der Waals surface area contributed by atoms with E-state index in [1.54, 1.807) is 36.4 Å². The molecule has 2 aromatic carbocycles. The standard InChI is InChI=1S/C25H29ClN2O4/c1-5-31-20-10-7-18(8-11-20)22-23(27-21-12-9-19(26)15-17(21)4)25(30)28(24(22)29)13-6-14-32-16(2)3/h7-12,15-16,27H,5-6,13-14H2,1-4H3. The molecule has 0 radical (unpaired) electrons. The van der Waals surface area contributed by atoms with Crippen molar-refractivity contribution in [1.29, 1.82) is 0 Å². The number of rotatable bonds is 10. The summed E-state index contributed by atoms with van der Waals surface area (Å²) < 4.78 is 11.1. The molecule has 7 heteroatoms. The topological polar surface area (TPSA) is 67.9 Å². The molecular formula is C25H29ClN2O4. The minimum absolute atomic E-state index is 0.0997. The molecule has 170 valence electrons. The molecule has 0 saturated heterocycles. The minimum atomic E-state index is -0.349. The lowest BCUT2D eigenvalue weighted by molar-refractivity contribution is -0.137. The minimum Gasteiger partial charge on any atom is -0.494 e. The van der Waals surface area contributed by atoms with Crippen LogP contribution in [0, 0.1) is 6.92 Å². The van der Waals surface area contributed by atoms with Crippen LogP contribution in [-0.2, 0) is 14.3 Å². The molecule has 0 aromatic heterocycles. The first kappa shape index (κ1) is 23.8. The van der Waals surface area contributed by atoms with Crippen molar-refractivity contribution in [2.45, 2.75) is 40.2 Å². The van der Waals surface area contributed by atoms with Gasteiger partial charge >= 0.3 is 0 Å². The lowest BCUT2D eigenvalue weighted by Gasteiger charge is -2.16. The van der Waals surface area contributed by atoms with Gasteiger partial charge in [-0.1, -0.05) is 23.7 Å². The smallest absolute Gasteiger partial charge is 0.278 e. The number of benzene rings is 2. The fourth-order valence-electron chi connectivity index (χ4n) is 3.49. The van der Waals surface area contributed by atoms with Gasteiger partial charge in [-0.05, 0) is 75.6 Å². The molecule has 1 N–H and O–H groups in total. The van der Waals surface area contributed by atoms with Gasteiger partial charge in [-0.3, -0.25) is 14.5 Å². The number of ether oxygens (including phenoxy) is 2. The van der Waals surface area contributed by atoms with E-state index in [-0.39, 0.29) is 30.2 Å². The third-order valence-electron chi connectivity index (χ3n) is 5.05. The maximum absolute atomic E-state index is 13.3. The predicted molar refractivity (Wildman–Crippen MR) is 127 cm³/mol. The molecule has 0 aliphatic carbocycles. The maximum atomic E-state index is 13.3. The number of amides is 2. The molecule has 0 spiro atoms. The van der Waals surface area contributed by atoms with E-state index in [4.69, 9.17) is 21.1 Å². The molecule has 0 saturated carbocycles. The average molecular weight is 457 g/mol. The molecule has 0 fully saturated rings. The number of imide groups is 1. The second kappa shape index (κ2) is 10.7. The first-order valence-corrected chi connectivity index (χ1v) is 11.2. The second-order valence-corrected chi connectivity index (χ2v) is 8.26. The number of nitrogens with zero attached hydrogens (tertiary/aromatic N) is 1. The molecule has 1 aliphatic rings. The number of hydrogen-bond donors (Lipinski definition) is 1. The van der Waals surface area contributed by atoms with Crippen molar-refractivity contribution in [2.24, 2.45) is 0 Å². The van der Waals surface area contributed by atoms with E-state index in [1.807, 2.05) is 33.8 Å². The van der Waals surface area contributed by atoms with Gasteiger partial charge in [0, 0.05) is 23.9 Å². The van der Waals surface area contributed by atoms with Gasteiger partial charge < -0.3 is 14.8 Å². The summed E-state index contributed by atoms with van der Waals surface area (Å²) in [5.74, 6) is 0.0370. The average Bonchev–Trinajstić information content (AvgIpc) is 2.98. The summed E-state index contributed by atoms with van der Waals surface area (Å²) in [5, 5.41) is 3.80. The van der Waals surface area contributed by atoms with Crippen molar-refractivity contribution in [2.75, 3.05) is 25.1 Å². The maximum Gasteiger partial charge on any atom is 0.278 e. The number of halogens is 1. The Morgan fingerprint density at radius 2 is 1.78 bits per heavy atom. The van der Waals surface area contributed by atoms with Crippen LogP contribution in [0.3, 0.4) is 0 Å². The summed E-state index contributed by atoms with van der Waals surface area (Å²) in [6.07, 6.45) is 0.669. The van der Waals surface area contributed by atoms with Crippen LogP contribution in [0.25, 0.3) is 5.57 Å². The molecule has 0 unspecified atom stereocenters. The van der Waals surface area contributed by atoms with Crippen molar-refractivity contribution in [3.63, 3.8) is 0 Å². The van der Waals surface area contributed by atoms with Crippen LogP contribution in [0.2, 0.25) is 5.02 Å². The van der Waals surface area contributed by atoms with E-state index < -0.39 is 0 Å². The lowest BCUT2D eigenvalue weighted by Crippen LogP contribution is -2.34. The van der Waals surface area contributed by atoms with E-state index in [0.717, 1.165) is 11.3 Å². The Morgan fingerprint density at radius 3 is 2.41 bits per heavy atom. The van der Waals surface area contributed by atoms with E-state index in [1.165, 1.54) is 4.90 Å². The number of nitrogens with one attached hydrogen (secondary N) is 1. The van der Waals surface area contributed by atoms with Gasteiger partial charge in [0.15, 0.2) is 0 Å². The molecular weight excluding hydrogens is 428 g/mol. The van der Waals surface area contributed by atoms with Crippen molar-refractivity contribution in [3.05, 3.63) is 64.3 Å². The third-order valence-corrected chi connectivity index (χ3v) is 5.28. The van der Waals surface area contributed by atoms with Gasteiger partial charge in [0.25, 0.3) is 11.8 Å². The van der Waals surface area contributed by atoms with Gasteiger partial charge in [0.05, 0.1) is 18.3 Å². The zero-order chi connectivity index (χ0) is 23.3. The molecule has 6 nitrogen and oxygen atoms in total. The third kappa shape index (κ3) is 5.50. The molecule has 2 aromatic rings. The van der Waals surface area contributed by atoms with E-state index in [0.29, 0.717) is 41.5 Å². The SMILES string of the molecule is CCOc1ccc(C2=C(Nc3ccc(Cl)cc3C)C(=O)N(CCCOC(C)C)C2=O)cc1. The van der Waals surface area contributed by atoms with Crippen molar-refractivity contribution < 1.29 is 19.1 Å². The number of aryl methyl sites for hydroxylation is 1. The summed E-state index contributed by atoms with van der Waals surface area (Å²) >= 11 is 6.07. The van der Waals surface area contributed by atoms with Gasteiger partial charge in [-0.2, -0.15) is 0 Å². The first-order chi connectivity index (χ1) is 15.3. The highest BCUT2D eigenvalue weighted by molar-refractivity contribution is 6.36. The molecule has 0 atom stereocenters. The van der Waals surface area contributed by atoms with E-state index in [2.05, 4.69) is 5.32 Å². The monoisotopic (exact) mass is 456 g/mol. The summed E-state index contributed by atoms with van der Waals surface area (Å²) in [6.45, 7) is 9.03. The summed E-state index contributed by atoms with van der Waals surface area (Å²) in [5.41, 5.74) is 2.85. The quantitative estimate of drug-likeness (QED) is 0.400. The van der Waals surface area contributed by atoms with Crippen molar-refractivity contribution in [1.82, 2.24) is 4.90 Å². The van der Waals surface area contributed by atoms with Gasteiger partial charge in [-0.25, -0.2) is 0 Å². The zero-order valence-electron chi connectivity index (χ0n) is 18.9.